The summed E-state index contributed by atoms with van der Waals surface area (Å²) < 4.78 is 6.39. The number of hydrogen-bond donors (Lipinski definition) is 0. The SMILES string of the molecule is COC(=O)C1CCN(C(=O)CSc2nc3ccccc3c(=O)n2-c2ccc(C)cc2)CC1. The normalized spacial score (nSPS) is 14.5. The first-order chi connectivity index (χ1) is 15.5. The van der Waals surface area contributed by atoms with Gasteiger partial charge in [-0.3, -0.25) is 19.0 Å². The highest BCUT2D eigenvalue weighted by Crippen LogP contribution is 2.24. The molecule has 2 aromatic carbocycles. The van der Waals surface area contributed by atoms with Gasteiger partial charge in [0.25, 0.3) is 5.56 Å². The van der Waals surface area contributed by atoms with E-state index < -0.39 is 0 Å². The van der Waals surface area contributed by atoms with Crippen molar-refractivity contribution in [3.05, 3.63) is 64.4 Å². The number of aryl methyl sites for hydroxylation is 1. The lowest BCUT2D eigenvalue weighted by atomic mass is 9.97. The average molecular weight is 452 g/mol. The van der Waals surface area contributed by atoms with Gasteiger partial charge in [0.1, 0.15) is 0 Å². The molecule has 0 atom stereocenters. The summed E-state index contributed by atoms with van der Waals surface area (Å²) in [5.41, 5.74) is 2.26. The molecule has 3 aromatic rings. The van der Waals surface area contributed by atoms with Gasteiger partial charge in [0, 0.05) is 13.1 Å². The van der Waals surface area contributed by atoms with Crippen molar-refractivity contribution < 1.29 is 14.3 Å². The van der Waals surface area contributed by atoms with E-state index in [0.29, 0.717) is 47.7 Å². The van der Waals surface area contributed by atoms with E-state index in [0.717, 1.165) is 5.56 Å². The topological polar surface area (TPSA) is 81.5 Å². The monoisotopic (exact) mass is 451 g/mol. The maximum absolute atomic E-state index is 13.3. The zero-order valence-electron chi connectivity index (χ0n) is 18.1. The molecule has 8 heteroatoms. The Bertz CT molecular complexity index is 1200. The molecule has 4 rings (SSSR count). The van der Waals surface area contributed by atoms with Crippen molar-refractivity contribution in [2.45, 2.75) is 24.9 Å². The number of hydrogen-bond acceptors (Lipinski definition) is 6. The average Bonchev–Trinajstić information content (AvgIpc) is 2.83. The second kappa shape index (κ2) is 9.56. The van der Waals surface area contributed by atoms with Crippen LogP contribution in [0.25, 0.3) is 16.6 Å². The Morgan fingerprint density at radius 2 is 1.78 bits per heavy atom. The highest BCUT2D eigenvalue weighted by molar-refractivity contribution is 7.99. The number of thioether (sulfide) groups is 1. The molecule has 0 radical (unpaired) electrons. The lowest BCUT2D eigenvalue weighted by Gasteiger charge is -2.30. The van der Waals surface area contributed by atoms with Crippen LogP contribution >= 0.6 is 11.8 Å². The molecule has 0 N–H and O–H groups in total. The Hall–Kier alpha value is -3.13. The quantitative estimate of drug-likeness (QED) is 0.337. The molecule has 0 bridgehead atoms. The number of para-hydroxylation sites is 1. The zero-order chi connectivity index (χ0) is 22.7. The number of nitrogens with zero attached hydrogens (tertiary/aromatic N) is 3. The fourth-order valence-electron chi connectivity index (χ4n) is 3.88. The van der Waals surface area contributed by atoms with E-state index in [9.17, 15) is 14.4 Å². The summed E-state index contributed by atoms with van der Waals surface area (Å²) in [5.74, 6) is -0.227. The van der Waals surface area contributed by atoms with E-state index in [1.54, 1.807) is 21.6 Å². The summed E-state index contributed by atoms with van der Waals surface area (Å²) >= 11 is 1.26. The van der Waals surface area contributed by atoms with Crippen molar-refractivity contribution in [2.75, 3.05) is 26.0 Å². The first kappa shape index (κ1) is 22.1. The van der Waals surface area contributed by atoms with Gasteiger partial charge in [-0.05, 0) is 44.0 Å². The Morgan fingerprint density at radius 1 is 1.09 bits per heavy atom. The van der Waals surface area contributed by atoms with Gasteiger partial charge in [0.15, 0.2) is 5.16 Å². The van der Waals surface area contributed by atoms with Crippen molar-refractivity contribution in [2.24, 2.45) is 5.92 Å². The van der Waals surface area contributed by atoms with Crippen molar-refractivity contribution in [3.8, 4) is 5.69 Å². The molecule has 7 nitrogen and oxygen atoms in total. The number of aromatic nitrogens is 2. The number of likely N-dealkylation sites (tertiary alicyclic amines) is 1. The minimum atomic E-state index is -0.214. The molecule has 1 amide bonds. The van der Waals surface area contributed by atoms with Crippen molar-refractivity contribution in [1.82, 2.24) is 14.5 Å². The van der Waals surface area contributed by atoms with Crippen molar-refractivity contribution in [1.29, 1.82) is 0 Å². The van der Waals surface area contributed by atoms with Gasteiger partial charge < -0.3 is 9.64 Å². The third-order valence-corrected chi connectivity index (χ3v) is 6.67. The van der Waals surface area contributed by atoms with E-state index >= 15 is 0 Å². The van der Waals surface area contributed by atoms with Crippen LogP contribution in [0.15, 0.2) is 58.5 Å². The number of benzene rings is 2. The van der Waals surface area contributed by atoms with E-state index in [-0.39, 0.29) is 29.1 Å². The molecule has 0 spiro atoms. The van der Waals surface area contributed by atoms with Crippen LogP contribution in [0.5, 0.6) is 0 Å². The van der Waals surface area contributed by atoms with E-state index in [1.165, 1.54) is 18.9 Å². The number of fused-ring (bicyclic) bond motifs is 1. The number of amides is 1. The van der Waals surface area contributed by atoms with Gasteiger partial charge in [0.05, 0.1) is 35.4 Å². The number of carbonyl (C=O) groups excluding carboxylic acids is 2. The van der Waals surface area contributed by atoms with Gasteiger partial charge >= 0.3 is 5.97 Å². The summed E-state index contributed by atoms with van der Waals surface area (Å²) in [7, 11) is 1.39. The largest absolute Gasteiger partial charge is 0.469 e. The van der Waals surface area contributed by atoms with E-state index in [1.807, 2.05) is 43.3 Å². The van der Waals surface area contributed by atoms with Gasteiger partial charge in [-0.25, -0.2) is 4.98 Å². The van der Waals surface area contributed by atoms with Crippen LogP contribution in [-0.4, -0.2) is 52.3 Å². The minimum absolute atomic E-state index is 0.0313. The Kier molecular flexibility index (Phi) is 6.60. The van der Waals surface area contributed by atoms with Crippen LogP contribution in [0.1, 0.15) is 18.4 Å². The fraction of sp³-hybridized carbons (Fsp3) is 0.333. The van der Waals surface area contributed by atoms with Crippen LogP contribution in [0.2, 0.25) is 0 Å². The molecule has 1 aliphatic rings. The second-order valence-electron chi connectivity index (χ2n) is 7.85. The third-order valence-electron chi connectivity index (χ3n) is 5.74. The van der Waals surface area contributed by atoms with Crippen LogP contribution in [0.4, 0.5) is 0 Å². The molecule has 1 fully saturated rings. The summed E-state index contributed by atoms with van der Waals surface area (Å²) in [4.78, 5) is 44.3. The molecule has 166 valence electrons. The van der Waals surface area contributed by atoms with Gasteiger partial charge in [-0.1, -0.05) is 41.6 Å². The van der Waals surface area contributed by atoms with Gasteiger partial charge in [0.2, 0.25) is 5.91 Å². The number of rotatable bonds is 5. The Morgan fingerprint density at radius 3 is 2.47 bits per heavy atom. The summed E-state index contributed by atoms with van der Waals surface area (Å²) in [6.45, 7) is 3.03. The maximum atomic E-state index is 13.3. The van der Waals surface area contributed by atoms with E-state index in [2.05, 4.69) is 0 Å². The number of carbonyl (C=O) groups is 2. The summed E-state index contributed by atoms with van der Waals surface area (Å²) in [6.07, 6.45) is 1.21. The van der Waals surface area contributed by atoms with E-state index in [4.69, 9.17) is 9.72 Å². The van der Waals surface area contributed by atoms with Crippen molar-refractivity contribution >= 4 is 34.5 Å². The van der Waals surface area contributed by atoms with Crippen LogP contribution in [-0.2, 0) is 14.3 Å². The number of methoxy groups -OCH3 is 1. The molecule has 1 aliphatic heterocycles. The molecule has 1 aromatic heterocycles. The lowest BCUT2D eigenvalue weighted by molar-refractivity contribution is -0.148. The molecule has 2 heterocycles. The molecule has 32 heavy (non-hydrogen) atoms. The fourth-order valence-corrected chi connectivity index (χ4v) is 4.79. The third kappa shape index (κ3) is 4.55. The highest BCUT2D eigenvalue weighted by atomic mass is 32.2. The lowest BCUT2D eigenvalue weighted by Crippen LogP contribution is -2.41. The summed E-state index contributed by atoms with van der Waals surface area (Å²) in [5, 5.41) is 1.02. The number of esters is 1. The predicted molar refractivity (Wildman–Crippen MR) is 124 cm³/mol. The highest BCUT2D eigenvalue weighted by Gasteiger charge is 2.28. The summed E-state index contributed by atoms with van der Waals surface area (Å²) in [6, 6.07) is 14.9. The number of ether oxygens (including phenoxy) is 1. The Labute approximate surface area is 190 Å². The minimum Gasteiger partial charge on any atom is -0.469 e. The molecular weight excluding hydrogens is 426 g/mol. The predicted octanol–water partition coefficient (Wildman–Crippen LogP) is 3.20. The molecule has 0 aliphatic carbocycles. The van der Waals surface area contributed by atoms with Crippen LogP contribution in [0, 0.1) is 12.8 Å². The molecule has 0 unspecified atom stereocenters. The first-order valence-electron chi connectivity index (χ1n) is 10.5. The zero-order valence-corrected chi connectivity index (χ0v) is 18.9. The second-order valence-corrected chi connectivity index (χ2v) is 8.80. The molecule has 0 saturated carbocycles. The maximum Gasteiger partial charge on any atom is 0.308 e. The standard InChI is InChI=1S/C24H25N3O4S/c1-16-7-9-18(10-8-16)27-22(29)19-5-3-4-6-20(19)25-24(27)32-15-21(28)26-13-11-17(12-14-26)23(30)31-2/h3-10,17H,11-15H2,1-2H3. The van der Waals surface area contributed by atoms with Crippen LogP contribution < -0.4 is 5.56 Å². The number of piperidine rings is 1. The van der Waals surface area contributed by atoms with Crippen LogP contribution in [0.3, 0.4) is 0 Å². The first-order valence-corrected chi connectivity index (χ1v) is 11.5. The Balaban J connectivity index is 1.57. The molecule has 1 saturated heterocycles. The van der Waals surface area contributed by atoms with Gasteiger partial charge in [-0.15, -0.1) is 0 Å². The smallest absolute Gasteiger partial charge is 0.308 e. The van der Waals surface area contributed by atoms with Crippen molar-refractivity contribution in [3.63, 3.8) is 0 Å². The van der Waals surface area contributed by atoms with Gasteiger partial charge in [-0.2, -0.15) is 0 Å². The molecular formula is C24H25N3O4S.